The summed E-state index contributed by atoms with van der Waals surface area (Å²) in [5.74, 6) is 0.682. The zero-order valence-electron chi connectivity index (χ0n) is 11.2. The summed E-state index contributed by atoms with van der Waals surface area (Å²) >= 11 is 0. The molecule has 1 saturated heterocycles. The molecule has 4 unspecified atom stereocenters. The number of hydrogen-bond donors (Lipinski definition) is 2. The van der Waals surface area contributed by atoms with Crippen molar-refractivity contribution in [1.82, 2.24) is 10.2 Å². The Morgan fingerprint density at radius 3 is 2.62 bits per heavy atom. The van der Waals surface area contributed by atoms with E-state index in [0.717, 1.165) is 19.6 Å². The molecule has 96 valence electrons. The van der Waals surface area contributed by atoms with E-state index in [0.29, 0.717) is 12.0 Å². The molecule has 3 heteroatoms. The number of likely N-dealkylation sites (tertiary alicyclic amines) is 1. The van der Waals surface area contributed by atoms with E-state index in [2.05, 4.69) is 31.0 Å². The van der Waals surface area contributed by atoms with E-state index in [1.165, 1.54) is 12.8 Å². The van der Waals surface area contributed by atoms with Crippen molar-refractivity contribution in [3.8, 4) is 0 Å². The Hall–Kier alpha value is -0.120. The number of piperidine rings is 1. The second-order valence-electron chi connectivity index (χ2n) is 5.30. The fraction of sp³-hybridized carbons (Fsp3) is 1.00. The number of nitrogens with zero attached hydrogens (tertiary/aromatic N) is 1. The first kappa shape index (κ1) is 13.9. The summed E-state index contributed by atoms with van der Waals surface area (Å²) in [6.07, 6.45) is 2.18. The minimum atomic E-state index is -0.229. The molecular weight excluding hydrogens is 200 g/mol. The van der Waals surface area contributed by atoms with Crippen molar-refractivity contribution >= 4 is 0 Å². The maximum atomic E-state index is 9.61. The van der Waals surface area contributed by atoms with Crippen LogP contribution in [0.3, 0.4) is 0 Å². The highest BCUT2D eigenvalue weighted by molar-refractivity contribution is 4.86. The third-order valence-corrected chi connectivity index (χ3v) is 3.87. The normalized spacial score (nSPS) is 31.3. The van der Waals surface area contributed by atoms with E-state index in [1.807, 2.05) is 6.92 Å². The Morgan fingerprint density at radius 2 is 2.12 bits per heavy atom. The minimum absolute atomic E-state index is 0.229. The molecule has 4 atom stereocenters. The fourth-order valence-electron chi connectivity index (χ4n) is 2.49. The van der Waals surface area contributed by atoms with Crippen LogP contribution in [0.4, 0.5) is 0 Å². The molecule has 0 radical (unpaired) electrons. The van der Waals surface area contributed by atoms with Crippen LogP contribution in [0.5, 0.6) is 0 Å². The molecule has 0 bridgehead atoms. The van der Waals surface area contributed by atoms with Gasteiger partial charge in [0.15, 0.2) is 0 Å². The van der Waals surface area contributed by atoms with Gasteiger partial charge in [0.25, 0.3) is 0 Å². The molecule has 0 aromatic carbocycles. The average Bonchev–Trinajstić information content (AvgIpc) is 2.26. The molecule has 1 rings (SSSR count). The van der Waals surface area contributed by atoms with Crippen molar-refractivity contribution in [2.45, 2.75) is 58.7 Å². The van der Waals surface area contributed by atoms with Crippen LogP contribution in [-0.2, 0) is 0 Å². The molecule has 0 aromatic heterocycles. The van der Waals surface area contributed by atoms with Gasteiger partial charge in [-0.3, -0.25) is 4.90 Å². The topological polar surface area (TPSA) is 35.5 Å². The molecule has 16 heavy (non-hydrogen) atoms. The van der Waals surface area contributed by atoms with E-state index in [1.54, 1.807) is 0 Å². The lowest BCUT2D eigenvalue weighted by molar-refractivity contribution is 0.0361. The summed E-state index contributed by atoms with van der Waals surface area (Å²) in [6, 6.07) is 0.951. The van der Waals surface area contributed by atoms with Gasteiger partial charge in [-0.05, 0) is 39.2 Å². The van der Waals surface area contributed by atoms with Gasteiger partial charge in [0, 0.05) is 25.2 Å². The maximum Gasteiger partial charge on any atom is 0.0664 e. The van der Waals surface area contributed by atoms with E-state index >= 15 is 0 Å². The molecule has 2 N–H and O–H groups in total. The lowest BCUT2D eigenvalue weighted by Gasteiger charge is -2.41. The van der Waals surface area contributed by atoms with Crippen LogP contribution < -0.4 is 5.32 Å². The van der Waals surface area contributed by atoms with Crippen LogP contribution in [0.2, 0.25) is 0 Å². The van der Waals surface area contributed by atoms with Gasteiger partial charge >= 0.3 is 0 Å². The average molecular weight is 228 g/mol. The van der Waals surface area contributed by atoms with E-state index in [4.69, 9.17) is 0 Å². The van der Waals surface area contributed by atoms with Gasteiger partial charge < -0.3 is 10.4 Å². The van der Waals surface area contributed by atoms with Crippen LogP contribution in [-0.4, -0.2) is 47.8 Å². The van der Waals surface area contributed by atoms with Crippen LogP contribution in [0, 0.1) is 5.92 Å². The predicted molar refractivity (Wildman–Crippen MR) is 68.6 cm³/mol. The third-order valence-electron chi connectivity index (χ3n) is 3.87. The van der Waals surface area contributed by atoms with Crippen molar-refractivity contribution in [3.63, 3.8) is 0 Å². The number of rotatable bonds is 5. The number of aliphatic hydroxyl groups is 1. The van der Waals surface area contributed by atoms with Crippen molar-refractivity contribution in [3.05, 3.63) is 0 Å². The number of aliphatic hydroxyl groups excluding tert-OH is 1. The summed E-state index contributed by atoms with van der Waals surface area (Å²) in [5, 5.41) is 13.2. The largest absolute Gasteiger partial charge is 0.392 e. The van der Waals surface area contributed by atoms with Gasteiger partial charge in [-0.25, -0.2) is 0 Å². The molecule has 1 heterocycles. The van der Waals surface area contributed by atoms with Crippen molar-refractivity contribution in [1.29, 1.82) is 0 Å². The molecule has 1 aliphatic heterocycles. The lowest BCUT2D eigenvalue weighted by Crippen LogP contribution is -2.53. The molecular formula is C13H28N2O. The summed E-state index contributed by atoms with van der Waals surface area (Å²) in [6.45, 7) is 11.9. The summed E-state index contributed by atoms with van der Waals surface area (Å²) in [5.41, 5.74) is 0. The lowest BCUT2D eigenvalue weighted by atomic mass is 9.92. The molecule has 0 amide bonds. The van der Waals surface area contributed by atoms with Crippen molar-refractivity contribution in [2.75, 3.05) is 19.6 Å². The molecule has 0 spiro atoms. The van der Waals surface area contributed by atoms with Gasteiger partial charge in [-0.2, -0.15) is 0 Å². The Bertz CT molecular complexity index is 196. The smallest absolute Gasteiger partial charge is 0.0664 e. The van der Waals surface area contributed by atoms with Crippen LogP contribution in [0.15, 0.2) is 0 Å². The van der Waals surface area contributed by atoms with Gasteiger partial charge in [0.2, 0.25) is 0 Å². The van der Waals surface area contributed by atoms with E-state index < -0.39 is 0 Å². The first-order valence-electron chi connectivity index (χ1n) is 6.71. The molecule has 3 nitrogen and oxygen atoms in total. The Labute approximate surface area is 100 Å². The molecule has 1 aliphatic rings. The zero-order valence-corrected chi connectivity index (χ0v) is 11.2. The first-order valence-corrected chi connectivity index (χ1v) is 6.71. The van der Waals surface area contributed by atoms with E-state index in [-0.39, 0.29) is 12.1 Å². The summed E-state index contributed by atoms with van der Waals surface area (Å²) in [7, 11) is 0. The Kier molecular flexibility index (Phi) is 5.73. The van der Waals surface area contributed by atoms with E-state index in [9.17, 15) is 5.11 Å². The molecule has 1 fully saturated rings. The second-order valence-corrected chi connectivity index (χ2v) is 5.30. The Morgan fingerprint density at radius 1 is 1.44 bits per heavy atom. The number of hydrogen-bond acceptors (Lipinski definition) is 3. The molecule has 0 aromatic rings. The molecule has 0 saturated carbocycles. The highest BCUT2D eigenvalue weighted by Gasteiger charge is 2.29. The van der Waals surface area contributed by atoms with Crippen molar-refractivity contribution in [2.24, 2.45) is 5.92 Å². The van der Waals surface area contributed by atoms with Gasteiger partial charge in [-0.15, -0.1) is 0 Å². The zero-order chi connectivity index (χ0) is 12.1. The van der Waals surface area contributed by atoms with Gasteiger partial charge in [0.1, 0.15) is 0 Å². The SMILES string of the molecule is CCCNC1CCN(C(C)C(C)O)CC1C. The monoisotopic (exact) mass is 228 g/mol. The van der Waals surface area contributed by atoms with Crippen LogP contribution in [0.1, 0.15) is 40.5 Å². The predicted octanol–water partition coefficient (Wildman–Crippen LogP) is 1.47. The first-order chi connectivity index (χ1) is 7.56. The second kappa shape index (κ2) is 6.58. The highest BCUT2D eigenvalue weighted by Crippen LogP contribution is 2.19. The highest BCUT2D eigenvalue weighted by atomic mass is 16.3. The fourth-order valence-corrected chi connectivity index (χ4v) is 2.49. The minimum Gasteiger partial charge on any atom is -0.392 e. The van der Waals surface area contributed by atoms with Crippen LogP contribution >= 0.6 is 0 Å². The quantitative estimate of drug-likeness (QED) is 0.748. The third kappa shape index (κ3) is 3.72. The number of nitrogens with one attached hydrogen (secondary N) is 1. The van der Waals surface area contributed by atoms with Gasteiger partial charge in [0.05, 0.1) is 6.10 Å². The molecule has 0 aliphatic carbocycles. The maximum absolute atomic E-state index is 9.61. The summed E-state index contributed by atoms with van der Waals surface area (Å²) in [4.78, 5) is 2.42. The van der Waals surface area contributed by atoms with Gasteiger partial charge in [-0.1, -0.05) is 13.8 Å². The Balaban J connectivity index is 2.38. The standard InChI is InChI=1S/C13H28N2O/c1-5-7-14-13-6-8-15(9-10(13)2)11(3)12(4)16/h10-14,16H,5-9H2,1-4H3. The summed E-state index contributed by atoms with van der Waals surface area (Å²) < 4.78 is 0. The van der Waals surface area contributed by atoms with Crippen LogP contribution in [0.25, 0.3) is 0 Å². The van der Waals surface area contributed by atoms with Crippen molar-refractivity contribution < 1.29 is 5.11 Å².